The van der Waals surface area contributed by atoms with Gasteiger partial charge in [0, 0.05) is 25.0 Å². The van der Waals surface area contributed by atoms with Gasteiger partial charge in [-0.25, -0.2) is 4.98 Å². The van der Waals surface area contributed by atoms with Crippen LogP contribution in [0, 0.1) is 11.3 Å². The normalized spacial score (nSPS) is 15.4. The van der Waals surface area contributed by atoms with Crippen LogP contribution in [0.2, 0.25) is 0 Å². The summed E-state index contributed by atoms with van der Waals surface area (Å²) < 4.78 is 1.90. The van der Waals surface area contributed by atoms with Gasteiger partial charge in [0.1, 0.15) is 6.07 Å². The van der Waals surface area contributed by atoms with Gasteiger partial charge in [-0.2, -0.15) is 5.26 Å². The molecule has 4 nitrogen and oxygen atoms in total. The Morgan fingerprint density at radius 2 is 2.50 bits per heavy atom. The van der Waals surface area contributed by atoms with Gasteiger partial charge in [0.05, 0.1) is 0 Å². The summed E-state index contributed by atoms with van der Waals surface area (Å²) in [7, 11) is 0. The van der Waals surface area contributed by atoms with Crippen LogP contribution in [-0.4, -0.2) is 22.1 Å². The molecule has 0 saturated heterocycles. The van der Waals surface area contributed by atoms with Gasteiger partial charge in [0.25, 0.3) is 0 Å². The van der Waals surface area contributed by atoms with E-state index in [0.29, 0.717) is 5.82 Å². The summed E-state index contributed by atoms with van der Waals surface area (Å²) in [5, 5.41) is 12.2. The largest absolute Gasteiger partial charge is 0.323 e. The molecule has 1 aromatic heterocycles. The molecule has 4 heteroatoms. The zero-order valence-electron chi connectivity index (χ0n) is 8.11. The van der Waals surface area contributed by atoms with E-state index in [1.165, 1.54) is 12.8 Å². The first kappa shape index (κ1) is 9.22. The van der Waals surface area contributed by atoms with E-state index in [9.17, 15) is 0 Å². The molecular weight excluding hydrogens is 176 g/mol. The third-order valence-corrected chi connectivity index (χ3v) is 2.40. The molecule has 1 aromatic rings. The Balaban J connectivity index is 1.71. The first-order valence-electron chi connectivity index (χ1n) is 5.05. The second kappa shape index (κ2) is 4.25. The van der Waals surface area contributed by atoms with Crippen LogP contribution in [0.1, 0.15) is 25.1 Å². The van der Waals surface area contributed by atoms with Crippen molar-refractivity contribution in [1.82, 2.24) is 14.9 Å². The molecule has 14 heavy (non-hydrogen) atoms. The van der Waals surface area contributed by atoms with Gasteiger partial charge >= 0.3 is 0 Å². The van der Waals surface area contributed by atoms with E-state index in [2.05, 4.69) is 16.4 Å². The molecule has 1 aliphatic rings. The first-order chi connectivity index (χ1) is 6.90. The zero-order chi connectivity index (χ0) is 9.80. The van der Waals surface area contributed by atoms with Crippen molar-refractivity contribution in [2.24, 2.45) is 0 Å². The van der Waals surface area contributed by atoms with Crippen molar-refractivity contribution in [2.75, 3.05) is 6.54 Å². The quantitative estimate of drug-likeness (QED) is 0.702. The van der Waals surface area contributed by atoms with Crippen molar-refractivity contribution >= 4 is 0 Å². The number of aromatic nitrogens is 2. The first-order valence-corrected chi connectivity index (χ1v) is 5.05. The van der Waals surface area contributed by atoms with Crippen molar-refractivity contribution in [1.29, 1.82) is 5.26 Å². The molecule has 0 aliphatic heterocycles. The molecular formula is C10H14N4. The van der Waals surface area contributed by atoms with E-state index < -0.39 is 0 Å². The summed E-state index contributed by atoms with van der Waals surface area (Å²) >= 11 is 0. The molecule has 0 aromatic carbocycles. The Kier molecular flexibility index (Phi) is 2.80. The van der Waals surface area contributed by atoms with E-state index in [4.69, 9.17) is 5.26 Å². The highest BCUT2D eigenvalue weighted by Crippen LogP contribution is 2.18. The Labute approximate surface area is 83.6 Å². The average molecular weight is 190 g/mol. The van der Waals surface area contributed by atoms with E-state index >= 15 is 0 Å². The van der Waals surface area contributed by atoms with E-state index in [-0.39, 0.29) is 0 Å². The van der Waals surface area contributed by atoms with Crippen LogP contribution in [0.25, 0.3) is 0 Å². The molecule has 1 aliphatic carbocycles. The zero-order valence-corrected chi connectivity index (χ0v) is 8.11. The number of nitrogens with one attached hydrogen (secondary N) is 1. The van der Waals surface area contributed by atoms with Gasteiger partial charge in [-0.15, -0.1) is 0 Å². The van der Waals surface area contributed by atoms with Crippen LogP contribution < -0.4 is 5.32 Å². The molecule has 1 saturated carbocycles. The highest BCUT2D eigenvalue weighted by atomic mass is 15.1. The van der Waals surface area contributed by atoms with Crippen LogP contribution in [0.3, 0.4) is 0 Å². The lowest BCUT2D eigenvalue weighted by Gasteiger charge is -2.04. The van der Waals surface area contributed by atoms with Gasteiger partial charge in [-0.05, 0) is 25.8 Å². The minimum absolute atomic E-state index is 0.511. The number of hydrogen-bond donors (Lipinski definition) is 1. The summed E-state index contributed by atoms with van der Waals surface area (Å²) in [4.78, 5) is 3.94. The van der Waals surface area contributed by atoms with Crippen LogP contribution >= 0.6 is 0 Å². The predicted molar refractivity (Wildman–Crippen MR) is 52.6 cm³/mol. The molecule has 0 spiro atoms. The Bertz CT molecular complexity index is 332. The van der Waals surface area contributed by atoms with Crippen molar-refractivity contribution in [3.8, 4) is 6.07 Å². The minimum Gasteiger partial charge on any atom is -0.323 e. The monoisotopic (exact) mass is 190 g/mol. The smallest absolute Gasteiger partial charge is 0.212 e. The van der Waals surface area contributed by atoms with Crippen molar-refractivity contribution in [2.45, 2.75) is 31.8 Å². The molecule has 0 amide bonds. The molecule has 1 fully saturated rings. The second-order valence-corrected chi connectivity index (χ2v) is 3.64. The number of nitriles is 1. The molecule has 1 N–H and O–H groups in total. The number of nitrogens with zero attached hydrogens (tertiary/aromatic N) is 3. The highest BCUT2D eigenvalue weighted by Gasteiger charge is 2.19. The number of imidazole rings is 1. The maximum absolute atomic E-state index is 8.71. The number of hydrogen-bond acceptors (Lipinski definition) is 3. The fraction of sp³-hybridized carbons (Fsp3) is 0.600. The highest BCUT2D eigenvalue weighted by molar-refractivity contribution is 5.10. The summed E-state index contributed by atoms with van der Waals surface area (Å²) in [6.45, 7) is 1.91. The minimum atomic E-state index is 0.511. The molecule has 0 bridgehead atoms. The van der Waals surface area contributed by atoms with E-state index in [1.807, 2.05) is 10.8 Å². The maximum atomic E-state index is 8.71. The van der Waals surface area contributed by atoms with Crippen LogP contribution in [0.15, 0.2) is 12.4 Å². The third kappa shape index (κ3) is 2.33. The average Bonchev–Trinajstić information content (AvgIpc) is 2.91. The van der Waals surface area contributed by atoms with Gasteiger partial charge < -0.3 is 9.88 Å². The van der Waals surface area contributed by atoms with Crippen LogP contribution in [0.4, 0.5) is 0 Å². The Morgan fingerprint density at radius 3 is 3.21 bits per heavy atom. The number of rotatable bonds is 5. The molecule has 74 valence electrons. The lowest BCUT2D eigenvalue weighted by Crippen LogP contribution is -2.19. The molecule has 1 heterocycles. The van der Waals surface area contributed by atoms with Crippen LogP contribution in [-0.2, 0) is 6.54 Å². The van der Waals surface area contributed by atoms with E-state index in [0.717, 1.165) is 25.6 Å². The third-order valence-electron chi connectivity index (χ3n) is 2.40. The number of aryl methyl sites for hydroxylation is 1. The molecule has 2 rings (SSSR count). The summed E-state index contributed by atoms with van der Waals surface area (Å²) in [6.07, 6.45) is 7.24. The summed E-state index contributed by atoms with van der Waals surface area (Å²) in [5.41, 5.74) is 0. The van der Waals surface area contributed by atoms with Crippen molar-refractivity contribution < 1.29 is 0 Å². The topological polar surface area (TPSA) is 53.6 Å². The van der Waals surface area contributed by atoms with Crippen LogP contribution in [0.5, 0.6) is 0 Å². The Hall–Kier alpha value is -1.34. The van der Waals surface area contributed by atoms with Gasteiger partial charge in [-0.1, -0.05) is 0 Å². The second-order valence-electron chi connectivity index (χ2n) is 3.64. The van der Waals surface area contributed by atoms with E-state index in [1.54, 1.807) is 6.20 Å². The van der Waals surface area contributed by atoms with Gasteiger partial charge in [0.15, 0.2) is 0 Å². The molecule has 0 unspecified atom stereocenters. The standard InChI is InChI=1S/C10H14N4/c11-8-10-13-5-7-14(10)6-1-4-12-9-2-3-9/h5,7,9,12H,1-4,6H2. The molecule has 0 atom stereocenters. The SMILES string of the molecule is N#Cc1nccn1CCCNC1CC1. The van der Waals surface area contributed by atoms with Crippen molar-refractivity contribution in [3.05, 3.63) is 18.2 Å². The summed E-state index contributed by atoms with van der Waals surface area (Å²) in [5.74, 6) is 0.511. The fourth-order valence-electron chi connectivity index (χ4n) is 1.45. The van der Waals surface area contributed by atoms with Gasteiger partial charge in [0.2, 0.25) is 5.82 Å². The predicted octanol–water partition coefficient (Wildman–Crippen LogP) is 0.897. The summed E-state index contributed by atoms with van der Waals surface area (Å²) in [6, 6.07) is 2.84. The maximum Gasteiger partial charge on any atom is 0.212 e. The van der Waals surface area contributed by atoms with Gasteiger partial charge in [-0.3, -0.25) is 0 Å². The lowest BCUT2D eigenvalue weighted by molar-refractivity contribution is 0.575. The lowest BCUT2D eigenvalue weighted by atomic mass is 10.4. The Morgan fingerprint density at radius 1 is 1.64 bits per heavy atom. The molecule has 0 radical (unpaired) electrons. The van der Waals surface area contributed by atoms with Crippen molar-refractivity contribution in [3.63, 3.8) is 0 Å². The fourth-order valence-corrected chi connectivity index (χ4v) is 1.45.